The van der Waals surface area contributed by atoms with E-state index in [0.717, 1.165) is 0 Å². The van der Waals surface area contributed by atoms with Crippen molar-refractivity contribution in [1.82, 2.24) is 14.8 Å². The van der Waals surface area contributed by atoms with Crippen LogP contribution in [0.3, 0.4) is 0 Å². The molecule has 0 N–H and O–H groups in total. The van der Waals surface area contributed by atoms with Gasteiger partial charge in [-0.1, -0.05) is 17.2 Å². The molecular weight excluding hydrogens is 293 g/mol. The maximum Gasteiger partial charge on any atom is 0.367 e. The number of carbonyl (C=O) groups is 3. The number of imide groups is 1. The summed E-state index contributed by atoms with van der Waals surface area (Å²) in [4.78, 5) is 40.9. The first-order valence-electron chi connectivity index (χ1n) is 6.40. The van der Waals surface area contributed by atoms with Crippen molar-refractivity contribution in [2.45, 2.75) is 6.54 Å². The SMILES string of the molecule is O=C(ON1C(=O)c2ccccc2C1=O)c1cnn(CCF)c1. The normalized spacial score (nSPS) is 13.4. The summed E-state index contributed by atoms with van der Waals surface area (Å²) in [6, 6.07) is 6.16. The van der Waals surface area contributed by atoms with Gasteiger partial charge < -0.3 is 4.84 Å². The van der Waals surface area contributed by atoms with Crippen LogP contribution in [0.25, 0.3) is 0 Å². The predicted octanol–water partition coefficient (Wildman–Crippen LogP) is 1.22. The molecule has 1 aliphatic heterocycles. The van der Waals surface area contributed by atoms with E-state index < -0.39 is 24.5 Å². The molecule has 0 fully saturated rings. The molecule has 1 aromatic carbocycles. The zero-order chi connectivity index (χ0) is 15.7. The van der Waals surface area contributed by atoms with E-state index in [4.69, 9.17) is 4.84 Å². The number of carbonyl (C=O) groups excluding carboxylic acids is 3. The monoisotopic (exact) mass is 303 g/mol. The summed E-state index contributed by atoms with van der Waals surface area (Å²) in [6.45, 7) is -0.630. The number of hydroxylamine groups is 2. The summed E-state index contributed by atoms with van der Waals surface area (Å²) in [7, 11) is 0. The van der Waals surface area contributed by atoms with Gasteiger partial charge in [-0.05, 0) is 12.1 Å². The standard InChI is InChI=1S/C14H10FN3O4/c15-5-6-17-8-9(7-16-17)14(21)22-18-12(19)10-3-1-2-4-11(10)13(18)20/h1-4,7-8H,5-6H2. The average molecular weight is 303 g/mol. The molecule has 1 aromatic heterocycles. The Morgan fingerprint density at radius 3 is 2.41 bits per heavy atom. The molecule has 0 unspecified atom stereocenters. The van der Waals surface area contributed by atoms with Crippen LogP contribution in [0.15, 0.2) is 36.7 Å². The second-order valence-corrected chi connectivity index (χ2v) is 4.51. The third-order valence-corrected chi connectivity index (χ3v) is 3.11. The van der Waals surface area contributed by atoms with Crippen LogP contribution in [-0.4, -0.2) is 39.3 Å². The molecular formula is C14H10FN3O4. The fourth-order valence-corrected chi connectivity index (χ4v) is 2.06. The van der Waals surface area contributed by atoms with Crippen molar-refractivity contribution in [3.05, 3.63) is 53.3 Å². The number of fused-ring (bicyclic) bond motifs is 1. The molecule has 0 saturated heterocycles. The van der Waals surface area contributed by atoms with Gasteiger partial charge in [0.2, 0.25) is 0 Å². The summed E-state index contributed by atoms with van der Waals surface area (Å²) in [5.41, 5.74) is 0.367. The minimum atomic E-state index is -0.917. The second kappa shape index (κ2) is 5.40. The number of nitrogens with zero attached hydrogens (tertiary/aromatic N) is 3. The van der Waals surface area contributed by atoms with Crippen LogP contribution in [0.4, 0.5) is 4.39 Å². The lowest BCUT2D eigenvalue weighted by Crippen LogP contribution is -2.32. The van der Waals surface area contributed by atoms with Gasteiger partial charge >= 0.3 is 5.97 Å². The molecule has 0 radical (unpaired) electrons. The second-order valence-electron chi connectivity index (χ2n) is 4.51. The Hall–Kier alpha value is -3.03. The van der Waals surface area contributed by atoms with E-state index >= 15 is 0 Å². The zero-order valence-corrected chi connectivity index (χ0v) is 11.2. The Bertz CT molecular complexity index is 736. The highest BCUT2D eigenvalue weighted by molar-refractivity contribution is 6.21. The molecule has 0 saturated carbocycles. The van der Waals surface area contributed by atoms with Crippen molar-refractivity contribution in [3.63, 3.8) is 0 Å². The molecule has 3 rings (SSSR count). The predicted molar refractivity (Wildman–Crippen MR) is 70.6 cm³/mol. The first-order chi connectivity index (χ1) is 10.6. The van der Waals surface area contributed by atoms with Gasteiger partial charge in [0.25, 0.3) is 11.8 Å². The number of hydrogen-bond acceptors (Lipinski definition) is 5. The number of halogens is 1. The van der Waals surface area contributed by atoms with Gasteiger partial charge in [-0.15, -0.1) is 0 Å². The minimum Gasteiger partial charge on any atom is -0.324 e. The number of aryl methyl sites for hydroxylation is 1. The van der Waals surface area contributed by atoms with Crippen LogP contribution in [0, 0.1) is 0 Å². The van der Waals surface area contributed by atoms with Crippen LogP contribution in [-0.2, 0) is 11.4 Å². The molecule has 7 nitrogen and oxygen atoms in total. The molecule has 112 valence electrons. The van der Waals surface area contributed by atoms with Crippen LogP contribution >= 0.6 is 0 Å². The molecule has 8 heteroatoms. The molecule has 2 heterocycles. The van der Waals surface area contributed by atoms with Gasteiger partial charge in [-0.2, -0.15) is 5.10 Å². The van der Waals surface area contributed by atoms with E-state index in [0.29, 0.717) is 5.06 Å². The quantitative estimate of drug-likeness (QED) is 0.793. The number of amides is 2. The average Bonchev–Trinajstić information content (AvgIpc) is 3.08. The van der Waals surface area contributed by atoms with E-state index in [9.17, 15) is 18.8 Å². The highest BCUT2D eigenvalue weighted by atomic mass is 19.1. The highest BCUT2D eigenvalue weighted by Gasteiger charge is 2.38. The molecule has 0 spiro atoms. The first-order valence-corrected chi connectivity index (χ1v) is 6.40. The lowest BCUT2D eigenvalue weighted by atomic mass is 10.1. The van der Waals surface area contributed by atoms with Gasteiger partial charge in [0.05, 0.1) is 29.4 Å². The Labute approximate surface area is 123 Å². The fraction of sp³-hybridized carbons (Fsp3) is 0.143. The third kappa shape index (κ3) is 2.24. The van der Waals surface area contributed by atoms with Crippen LogP contribution in [0.5, 0.6) is 0 Å². The minimum absolute atomic E-state index is 0.000294. The molecule has 2 amide bonds. The number of aromatic nitrogens is 2. The topological polar surface area (TPSA) is 81.5 Å². The Morgan fingerprint density at radius 2 is 1.82 bits per heavy atom. The van der Waals surface area contributed by atoms with Gasteiger partial charge in [-0.3, -0.25) is 14.3 Å². The van der Waals surface area contributed by atoms with E-state index in [-0.39, 0.29) is 23.2 Å². The highest BCUT2D eigenvalue weighted by Crippen LogP contribution is 2.23. The van der Waals surface area contributed by atoms with Gasteiger partial charge in [0.15, 0.2) is 0 Å². The number of alkyl halides is 1. The zero-order valence-electron chi connectivity index (χ0n) is 11.2. The maximum atomic E-state index is 12.2. The van der Waals surface area contributed by atoms with Crippen LogP contribution < -0.4 is 0 Å². The van der Waals surface area contributed by atoms with Gasteiger partial charge in [0, 0.05) is 6.20 Å². The Morgan fingerprint density at radius 1 is 1.18 bits per heavy atom. The van der Waals surface area contributed by atoms with Crippen LogP contribution in [0.2, 0.25) is 0 Å². The third-order valence-electron chi connectivity index (χ3n) is 3.11. The van der Waals surface area contributed by atoms with Crippen molar-refractivity contribution in [2.24, 2.45) is 0 Å². The number of rotatable bonds is 4. The number of benzene rings is 1. The molecule has 0 atom stereocenters. The van der Waals surface area contributed by atoms with Gasteiger partial charge in [-0.25, -0.2) is 9.18 Å². The van der Waals surface area contributed by atoms with E-state index in [1.807, 2.05) is 0 Å². The van der Waals surface area contributed by atoms with Crippen molar-refractivity contribution in [2.75, 3.05) is 6.67 Å². The van der Waals surface area contributed by atoms with E-state index in [1.165, 1.54) is 29.2 Å². The molecule has 0 bridgehead atoms. The first kappa shape index (κ1) is 13.9. The van der Waals surface area contributed by atoms with Crippen molar-refractivity contribution < 1.29 is 23.6 Å². The largest absolute Gasteiger partial charge is 0.367 e. The summed E-state index contributed by atoms with van der Waals surface area (Å²) >= 11 is 0. The van der Waals surface area contributed by atoms with Crippen molar-refractivity contribution >= 4 is 17.8 Å². The van der Waals surface area contributed by atoms with E-state index in [1.54, 1.807) is 12.1 Å². The van der Waals surface area contributed by atoms with Crippen LogP contribution in [0.1, 0.15) is 31.1 Å². The molecule has 2 aromatic rings. The van der Waals surface area contributed by atoms with Gasteiger partial charge in [0.1, 0.15) is 6.67 Å². The molecule has 1 aliphatic rings. The Balaban J connectivity index is 1.77. The summed E-state index contributed by atoms with van der Waals surface area (Å²) in [5, 5.41) is 4.18. The maximum absolute atomic E-state index is 12.2. The van der Waals surface area contributed by atoms with E-state index in [2.05, 4.69) is 5.10 Å². The Kier molecular flexibility index (Phi) is 3.42. The lowest BCUT2D eigenvalue weighted by Gasteiger charge is -2.11. The molecule has 0 aliphatic carbocycles. The summed E-state index contributed by atoms with van der Waals surface area (Å²) in [5.74, 6) is -2.32. The molecule has 22 heavy (non-hydrogen) atoms. The van der Waals surface area contributed by atoms with Crippen molar-refractivity contribution in [3.8, 4) is 0 Å². The van der Waals surface area contributed by atoms with Crippen molar-refractivity contribution in [1.29, 1.82) is 0 Å². The number of hydrogen-bond donors (Lipinski definition) is 0. The summed E-state index contributed by atoms with van der Waals surface area (Å²) in [6.07, 6.45) is 2.45. The smallest absolute Gasteiger partial charge is 0.324 e. The summed E-state index contributed by atoms with van der Waals surface area (Å²) < 4.78 is 13.4. The lowest BCUT2D eigenvalue weighted by molar-refractivity contribution is -0.0584. The fourth-order valence-electron chi connectivity index (χ4n) is 2.06.